The number of aromatic nitrogens is 1. The molecule has 8 aromatic rings. The van der Waals surface area contributed by atoms with Crippen LogP contribution >= 0.6 is 0 Å². The maximum absolute atomic E-state index is 6.45. The van der Waals surface area contributed by atoms with Gasteiger partial charge in [0.25, 0.3) is 0 Å². The van der Waals surface area contributed by atoms with Gasteiger partial charge in [0.1, 0.15) is 11.5 Å². The van der Waals surface area contributed by atoms with E-state index in [2.05, 4.69) is 138 Å². The van der Waals surface area contributed by atoms with Gasteiger partial charge in [0.15, 0.2) is 0 Å². The average Bonchev–Trinajstić information content (AvgIpc) is 3.35. The lowest BCUT2D eigenvalue weighted by Gasteiger charge is -2.23. The number of para-hydroxylation sites is 3. The van der Waals surface area contributed by atoms with E-state index in [9.17, 15) is 0 Å². The molecule has 1 aliphatic rings. The second kappa shape index (κ2) is 8.08. The van der Waals surface area contributed by atoms with Crippen molar-refractivity contribution < 1.29 is 4.74 Å². The molecular weight excluding hydrogens is 486 g/mol. The van der Waals surface area contributed by atoms with Crippen LogP contribution in [0.2, 0.25) is 0 Å². The number of hydrogen-bond acceptors (Lipinski definition) is 1. The van der Waals surface area contributed by atoms with Gasteiger partial charge >= 0.3 is 0 Å². The lowest BCUT2D eigenvalue weighted by atomic mass is 9.88. The highest BCUT2D eigenvalue weighted by molar-refractivity contribution is 6.24. The summed E-state index contributed by atoms with van der Waals surface area (Å²) < 4.78 is 8.89. The van der Waals surface area contributed by atoms with E-state index in [1.807, 2.05) is 6.07 Å². The first kappa shape index (κ1) is 21.6. The largest absolute Gasteiger partial charge is 0.456 e. The van der Waals surface area contributed by atoms with Crippen LogP contribution in [0.25, 0.3) is 71.3 Å². The molecule has 1 aromatic heterocycles. The molecule has 40 heavy (non-hydrogen) atoms. The molecule has 0 spiro atoms. The van der Waals surface area contributed by atoms with Gasteiger partial charge in [-0.3, -0.25) is 0 Å². The Kier molecular flexibility index (Phi) is 4.36. The number of nitrogens with zero attached hydrogens (tertiary/aromatic N) is 1. The Morgan fingerprint density at radius 3 is 2.10 bits per heavy atom. The number of fused-ring (bicyclic) bond motifs is 6. The molecular formula is C38H23NO. The Balaban J connectivity index is 1.50. The van der Waals surface area contributed by atoms with Crippen LogP contribution < -0.4 is 4.74 Å². The van der Waals surface area contributed by atoms with Crippen LogP contribution in [0.3, 0.4) is 0 Å². The van der Waals surface area contributed by atoms with E-state index >= 15 is 0 Å². The quantitative estimate of drug-likeness (QED) is 0.226. The minimum atomic E-state index is 0.909. The number of rotatable bonds is 2. The molecule has 0 bridgehead atoms. The van der Waals surface area contributed by atoms with Crippen LogP contribution in [-0.2, 0) is 0 Å². The molecule has 0 saturated heterocycles. The molecule has 0 saturated carbocycles. The molecule has 0 fully saturated rings. The molecule has 2 nitrogen and oxygen atoms in total. The molecule has 2 heteroatoms. The van der Waals surface area contributed by atoms with Crippen molar-refractivity contribution in [3.8, 4) is 39.4 Å². The van der Waals surface area contributed by atoms with Crippen molar-refractivity contribution in [1.29, 1.82) is 0 Å². The molecule has 0 radical (unpaired) electrons. The van der Waals surface area contributed by atoms with Crippen molar-refractivity contribution in [1.82, 2.24) is 4.57 Å². The minimum Gasteiger partial charge on any atom is -0.456 e. The summed E-state index contributed by atoms with van der Waals surface area (Å²) in [5.41, 5.74) is 8.41. The Morgan fingerprint density at radius 1 is 0.450 bits per heavy atom. The third kappa shape index (κ3) is 2.88. The fourth-order valence-corrected chi connectivity index (χ4v) is 6.71. The van der Waals surface area contributed by atoms with Crippen molar-refractivity contribution in [3.05, 3.63) is 140 Å². The predicted octanol–water partition coefficient (Wildman–Crippen LogP) is 10.5. The first-order valence-electron chi connectivity index (χ1n) is 13.7. The maximum Gasteiger partial charge on any atom is 0.135 e. The van der Waals surface area contributed by atoms with Gasteiger partial charge < -0.3 is 9.30 Å². The zero-order chi connectivity index (χ0) is 26.2. The van der Waals surface area contributed by atoms with Crippen LogP contribution in [0.4, 0.5) is 0 Å². The summed E-state index contributed by atoms with van der Waals surface area (Å²) in [4.78, 5) is 0. The van der Waals surface area contributed by atoms with E-state index in [-0.39, 0.29) is 0 Å². The summed E-state index contributed by atoms with van der Waals surface area (Å²) in [7, 11) is 0. The molecule has 7 aromatic carbocycles. The summed E-state index contributed by atoms with van der Waals surface area (Å²) in [5, 5.41) is 7.37. The highest BCUT2D eigenvalue weighted by atomic mass is 16.5. The fraction of sp³-hybridized carbons (Fsp3) is 0. The molecule has 0 amide bonds. The Labute approximate surface area is 231 Å². The zero-order valence-electron chi connectivity index (χ0n) is 21.6. The third-order valence-electron chi connectivity index (χ3n) is 8.36. The molecule has 2 heterocycles. The number of hydrogen-bond donors (Lipinski definition) is 0. The first-order valence-corrected chi connectivity index (χ1v) is 13.7. The van der Waals surface area contributed by atoms with E-state index in [4.69, 9.17) is 4.74 Å². The Bertz CT molecular complexity index is 2290. The van der Waals surface area contributed by atoms with Crippen LogP contribution in [0, 0.1) is 0 Å². The second-order valence-electron chi connectivity index (χ2n) is 10.5. The van der Waals surface area contributed by atoms with Crippen molar-refractivity contribution in [2.24, 2.45) is 0 Å². The number of ether oxygens (including phenoxy) is 1. The maximum atomic E-state index is 6.45. The molecule has 0 aliphatic carbocycles. The van der Waals surface area contributed by atoms with E-state index < -0.39 is 0 Å². The van der Waals surface area contributed by atoms with Crippen molar-refractivity contribution in [3.63, 3.8) is 0 Å². The van der Waals surface area contributed by atoms with Crippen molar-refractivity contribution in [2.75, 3.05) is 0 Å². The van der Waals surface area contributed by atoms with Gasteiger partial charge in [-0.1, -0.05) is 97.1 Å². The van der Waals surface area contributed by atoms with E-state index in [1.54, 1.807) is 0 Å². The zero-order valence-corrected chi connectivity index (χ0v) is 21.6. The van der Waals surface area contributed by atoms with Gasteiger partial charge in [0.05, 0.1) is 11.0 Å². The summed E-state index contributed by atoms with van der Waals surface area (Å²) in [6.07, 6.45) is 0. The Morgan fingerprint density at radius 2 is 1.18 bits per heavy atom. The molecule has 0 atom stereocenters. The van der Waals surface area contributed by atoms with Gasteiger partial charge in [-0.15, -0.1) is 0 Å². The highest BCUT2D eigenvalue weighted by Gasteiger charge is 2.24. The lowest BCUT2D eigenvalue weighted by Crippen LogP contribution is -1.99. The van der Waals surface area contributed by atoms with Crippen LogP contribution in [0.1, 0.15) is 0 Å². The topological polar surface area (TPSA) is 14.2 Å². The fourth-order valence-electron chi connectivity index (χ4n) is 6.71. The summed E-state index contributed by atoms with van der Waals surface area (Å²) in [5.74, 6) is 1.82. The predicted molar refractivity (Wildman–Crippen MR) is 167 cm³/mol. The van der Waals surface area contributed by atoms with Gasteiger partial charge in [0, 0.05) is 33.0 Å². The smallest absolute Gasteiger partial charge is 0.135 e. The molecule has 0 N–H and O–H groups in total. The second-order valence-corrected chi connectivity index (χ2v) is 10.5. The molecule has 9 rings (SSSR count). The van der Waals surface area contributed by atoms with Crippen LogP contribution in [0.5, 0.6) is 11.5 Å². The van der Waals surface area contributed by atoms with E-state index in [1.165, 1.54) is 60.0 Å². The van der Waals surface area contributed by atoms with Gasteiger partial charge in [0.2, 0.25) is 0 Å². The normalized spacial score (nSPS) is 12.2. The molecule has 186 valence electrons. The standard InChI is InChI=1S/C38H23NO/c1-2-12-25(13-3-1)39-33-19-8-6-15-27(33)32-23-24-11-4-5-14-26(24)37(38(32)39)31-21-22-35-36-29(17-10-18-30(31)36)28-16-7-9-20-34(28)40-35/h1-23H. The number of benzene rings is 7. The SMILES string of the molecule is c1ccc(-n2c3ccccc3c3cc4ccccc4c(-c4ccc5c6c(cccc46)-c4ccccc4O5)c32)cc1. The van der Waals surface area contributed by atoms with E-state index in [0.29, 0.717) is 0 Å². The van der Waals surface area contributed by atoms with Crippen LogP contribution in [0.15, 0.2) is 140 Å². The van der Waals surface area contributed by atoms with Gasteiger partial charge in [-0.2, -0.15) is 0 Å². The van der Waals surface area contributed by atoms with E-state index in [0.717, 1.165) is 22.7 Å². The summed E-state index contributed by atoms with van der Waals surface area (Å²) in [6.45, 7) is 0. The Hall–Kier alpha value is -5.34. The average molecular weight is 510 g/mol. The highest BCUT2D eigenvalue weighted by Crippen LogP contribution is 2.50. The van der Waals surface area contributed by atoms with Crippen LogP contribution in [-0.4, -0.2) is 4.57 Å². The lowest BCUT2D eigenvalue weighted by molar-refractivity contribution is 0.487. The first-order chi connectivity index (χ1) is 19.9. The van der Waals surface area contributed by atoms with Gasteiger partial charge in [-0.05, 0) is 69.8 Å². The molecule has 1 aliphatic heterocycles. The third-order valence-corrected chi connectivity index (χ3v) is 8.36. The molecule has 0 unspecified atom stereocenters. The van der Waals surface area contributed by atoms with Crippen molar-refractivity contribution in [2.45, 2.75) is 0 Å². The van der Waals surface area contributed by atoms with Crippen molar-refractivity contribution >= 4 is 43.4 Å². The monoisotopic (exact) mass is 509 g/mol. The van der Waals surface area contributed by atoms with Gasteiger partial charge in [-0.25, -0.2) is 0 Å². The summed E-state index contributed by atoms with van der Waals surface area (Å²) in [6, 6.07) is 50.0. The minimum absolute atomic E-state index is 0.909. The summed E-state index contributed by atoms with van der Waals surface area (Å²) >= 11 is 0.